The first kappa shape index (κ1) is 12.5. The molecule has 0 unspecified atom stereocenters. The molecular weight excluding hydrogens is 238 g/mol. The van der Waals surface area contributed by atoms with Gasteiger partial charge in [-0.05, 0) is 6.92 Å². The molecule has 1 saturated heterocycles. The number of aliphatic hydroxyl groups excluding tert-OH is 1. The van der Waals surface area contributed by atoms with Crippen LogP contribution in [0.15, 0.2) is 15.8 Å². The summed E-state index contributed by atoms with van der Waals surface area (Å²) in [4.78, 5) is 25.0. The Bertz CT molecular complexity index is 598. The van der Waals surface area contributed by atoms with E-state index >= 15 is 0 Å². The topological polar surface area (TPSA) is 108 Å². The highest BCUT2D eigenvalue weighted by molar-refractivity contribution is 5.02. The number of nitrogens with zero attached hydrogens (tertiary/aromatic N) is 2. The first-order valence-electron chi connectivity index (χ1n) is 5.55. The molecule has 1 aliphatic heterocycles. The van der Waals surface area contributed by atoms with E-state index < -0.39 is 29.7 Å². The highest BCUT2D eigenvalue weighted by Crippen LogP contribution is 2.28. The number of ether oxygens (including phenoxy) is 1. The lowest BCUT2D eigenvalue weighted by molar-refractivity contribution is -0.0176. The predicted molar refractivity (Wildman–Crippen MR) is 60.8 cm³/mol. The normalized spacial score (nSPS) is 27.1. The Morgan fingerprint density at radius 1 is 1.67 bits per heavy atom. The van der Waals surface area contributed by atoms with Gasteiger partial charge in [0.25, 0.3) is 5.56 Å². The third-order valence-corrected chi connectivity index (χ3v) is 2.95. The van der Waals surface area contributed by atoms with Gasteiger partial charge < -0.3 is 9.84 Å². The van der Waals surface area contributed by atoms with Gasteiger partial charge >= 0.3 is 5.69 Å². The summed E-state index contributed by atoms with van der Waals surface area (Å²) in [5, 5.41) is 18.3. The molecule has 1 aromatic rings. The molecule has 0 bridgehead atoms. The quantitative estimate of drug-likeness (QED) is 0.730. The second kappa shape index (κ2) is 4.76. The fourth-order valence-electron chi connectivity index (χ4n) is 1.96. The minimum absolute atomic E-state index is 0.0642. The summed E-state index contributed by atoms with van der Waals surface area (Å²) >= 11 is 0. The van der Waals surface area contributed by atoms with Crippen molar-refractivity contribution in [3.05, 3.63) is 32.6 Å². The van der Waals surface area contributed by atoms with E-state index in [1.54, 1.807) is 6.92 Å². The van der Waals surface area contributed by atoms with Crippen molar-refractivity contribution in [3.8, 4) is 6.07 Å². The Labute approximate surface area is 102 Å². The minimum Gasteiger partial charge on any atom is -0.390 e. The summed E-state index contributed by atoms with van der Waals surface area (Å²) in [6.45, 7) is 1.58. The number of aromatic nitrogens is 2. The second-order valence-electron chi connectivity index (χ2n) is 4.27. The number of hydrogen-bond acceptors (Lipinski definition) is 5. The number of rotatable bonds is 2. The number of aromatic amines is 1. The van der Waals surface area contributed by atoms with Gasteiger partial charge in [-0.25, -0.2) is 4.79 Å². The van der Waals surface area contributed by atoms with E-state index in [4.69, 9.17) is 10.00 Å². The predicted octanol–water partition coefficient (Wildman–Crippen LogP) is -0.593. The van der Waals surface area contributed by atoms with Crippen LogP contribution in [0.2, 0.25) is 0 Å². The maximum Gasteiger partial charge on any atom is 0.330 e. The van der Waals surface area contributed by atoms with Crippen molar-refractivity contribution in [2.75, 3.05) is 0 Å². The standard InChI is InChI=1S/C11H13N3O4/c1-6-5-14(11(17)13-10(6)16)9-4-7(15)8(18-9)2-3-12/h5,7-9,15H,2,4H2,1H3,(H,13,16,17)/t7-,8+,9+/m0/s1. The molecule has 0 radical (unpaired) electrons. The molecule has 7 heteroatoms. The van der Waals surface area contributed by atoms with E-state index in [0.717, 1.165) is 0 Å². The lowest BCUT2D eigenvalue weighted by atomic mass is 10.1. The molecule has 0 amide bonds. The maximum atomic E-state index is 11.6. The van der Waals surface area contributed by atoms with Crippen molar-refractivity contribution in [2.24, 2.45) is 0 Å². The molecule has 3 atom stereocenters. The molecule has 2 heterocycles. The van der Waals surface area contributed by atoms with Crippen LogP contribution in [-0.2, 0) is 4.74 Å². The Kier molecular flexibility index (Phi) is 3.32. The van der Waals surface area contributed by atoms with E-state index in [1.165, 1.54) is 10.8 Å². The monoisotopic (exact) mass is 251 g/mol. The molecule has 0 aliphatic carbocycles. The van der Waals surface area contributed by atoms with Crippen molar-refractivity contribution in [1.82, 2.24) is 9.55 Å². The SMILES string of the molecule is Cc1cn([C@H]2C[C@H](O)[C@@H](CC#N)O2)c(=O)[nH]c1=O. The number of aliphatic hydroxyl groups is 1. The molecule has 96 valence electrons. The van der Waals surface area contributed by atoms with Crippen molar-refractivity contribution in [3.63, 3.8) is 0 Å². The lowest BCUT2D eigenvalue weighted by Gasteiger charge is -2.14. The van der Waals surface area contributed by atoms with Crippen LogP contribution in [-0.4, -0.2) is 26.9 Å². The smallest absolute Gasteiger partial charge is 0.330 e. The number of nitriles is 1. The molecule has 1 aromatic heterocycles. The summed E-state index contributed by atoms with van der Waals surface area (Å²) < 4.78 is 6.68. The maximum absolute atomic E-state index is 11.6. The number of H-pyrrole nitrogens is 1. The summed E-state index contributed by atoms with van der Waals surface area (Å²) in [6, 6.07) is 1.92. The Morgan fingerprint density at radius 2 is 2.39 bits per heavy atom. The van der Waals surface area contributed by atoms with Crippen LogP contribution in [0.1, 0.15) is 24.6 Å². The van der Waals surface area contributed by atoms with Gasteiger partial charge in [-0.15, -0.1) is 0 Å². The summed E-state index contributed by atoms with van der Waals surface area (Å²) in [5.41, 5.74) is -0.639. The highest BCUT2D eigenvalue weighted by atomic mass is 16.5. The number of nitrogens with one attached hydrogen (secondary N) is 1. The molecular formula is C11H13N3O4. The summed E-state index contributed by atoms with van der Waals surface area (Å²) in [7, 11) is 0. The molecule has 7 nitrogen and oxygen atoms in total. The van der Waals surface area contributed by atoms with Crippen LogP contribution < -0.4 is 11.2 Å². The molecule has 0 spiro atoms. The van der Waals surface area contributed by atoms with Gasteiger partial charge in [0, 0.05) is 18.2 Å². The Balaban J connectivity index is 2.30. The van der Waals surface area contributed by atoms with Crippen LogP contribution in [0.5, 0.6) is 0 Å². The van der Waals surface area contributed by atoms with Gasteiger partial charge in [0.2, 0.25) is 0 Å². The van der Waals surface area contributed by atoms with Gasteiger partial charge in [0.05, 0.1) is 24.7 Å². The molecule has 2 N–H and O–H groups in total. The van der Waals surface area contributed by atoms with E-state index in [0.29, 0.717) is 5.56 Å². The van der Waals surface area contributed by atoms with Crippen molar-refractivity contribution < 1.29 is 9.84 Å². The number of hydrogen-bond donors (Lipinski definition) is 2. The lowest BCUT2D eigenvalue weighted by Crippen LogP contribution is -2.33. The third kappa shape index (κ3) is 2.20. The zero-order valence-corrected chi connectivity index (χ0v) is 9.79. The van der Waals surface area contributed by atoms with Crippen LogP contribution in [0, 0.1) is 18.3 Å². The van der Waals surface area contributed by atoms with E-state index in [9.17, 15) is 14.7 Å². The van der Waals surface area contributed by atoms with Crippen LogP contribution in [0.25, 0.3) is 0 Å². The summed E-state index contributed by atoms with van der Waals surface area (Å²) in [6.07, 6.45) is -0.353. The second-order valence-corrected chi connectivity index (χ2v) is 4.27. The van der Waals surface area contributed by atoms with Crippen molar-refractivity contribution >= 4 is 0 Å². The fraction of sp³-hybridized carbons (Fsp3) is 0.545. The van der Waals surface area contributed by atoms with E-state index in [-0.39, 0.29) is 12.8 Å². The highest BCUT2D eigenvalue weighted by Gasteiger charge is 2.35. The third-order valence-electron chi connectivity index (χ3n) is 2.95. The zero-order valence-electron chi connectivity index (χ0n) is 9.79. The largest absolute Gasteiger partial charge is 0.390 e. The van der Waals surface area contributed by atoms with Gasteiger partial charge in [-0.2, -0.15) is 5.26 Å². The molecule has 1 fully saturated rings. The van der Waals surface area contributed by atoms with E-state index in [1.807, 2.05) is 6.07 Å². The number of aryl methyl sites for hydroxylation is 1. The minimum atomic E-state index is -0.784. The van der Waals surface area contributed by atoms with Crippen molar-refractivity contribution in [2.45, 2.75) is 38.2 Å². The molecule has 18 heavy (non-hydrogen) atoms. The van der Waals surface area contributed by atoms with Crippen LogP contribution in [0.4, 0.5) is 0 Å². The fourth-order valence-corrected chi connectivity index (χ4v) is 1.96. The molecule has 1 aliphatic rings. The Morgan fingerprint density at radius 3 is 3.06 bits per heavy atom. The molecule has 0 saturated carbocycles. The van der Waals surface area contributed by atoms with Crippen molar-refractivity contribution in [1.29, 1.82) is 5.26 Å². The van der Waals surface area contributed by atoms with Gasteiger partial charge in [-0.3, -0.25) is 14.3 Å². The van der Waals surface area contributed by atoms with Gasteiger partial charge in [0.15, 0.2) is 0 Å². The Hall–Kier alpha value is -1.91. The van der Waals surface area contributed by atoms with Gasteiger partial charge in [-0.1, -0.05) is 0 Å². The van der Waals surface area contributed by atoms with E-state index in [2.05, 4.69) is 4.98 Å². The van der Waals surface area contributed by atoms with Gasteiger partial charge in [0.1, 0.15) is 6.23 Å². The first-order valence-corrected chi connectivity index (χ1v) is 5.55. The first-order chi connectivity index (χ1) is 8.52. The molecule has 2 rings (SSSR count). The summed E-state index contributed by atoms with van der Waals surface area (Å²) in [5.74, 6) is 0. The molecule has 0 aromatic carbocycles. The van der Waals surface area contributed by atoms with Crippen LogP contribution in [0.3, 0.4) is 0 Å². The average Bonchev–Trinajstić information content (AvgIpc) is 2.66. The zero-order chi connectivity index (χ0) is 13.3. The van der Waals surface area contributed by atoms with Crippen LogP contribution >= 0.6 is 0 Å². The average molecular weight is 251 g/mol.